The molecule has 1 aliphatic heterocycles. The van der Waals surface area contributed by atoms with Crippen molar-refractivity contribution in [3.8, 4) is 0 Å². The van der Waals surface area contributed by atoms with Crippen molar-refractivity contribution in [1.29, 1.82) is 0 Å². The summed E-state index contributed by atoms with van der Waals surface area (Å²) in [6.07, 6.45) is 12.4. The fourth-order valence-corrected chi connectivity index (χ4v) is 5.10. The maximum absolute atomic E-state index is 11.4. The van der Waals surface area contributed by atoms with E-state index in [0.29, 0.717) is 6.42 Å². The Morgan fingerprint density at radius 3 is 2.31 bits per heavy atom. The van der Waals surface area contributed by atoms with Crippen molar-refractivity contribution in [2.75, 3.05) is 38.7 Å². The highest BCUT2D eigenvalue weighted by atomic mass is 32.2. The van der Waals surface area contributed by atoms with Crippen LogP contribution >= 0.6 is 0 Å². The van der Waals surface area contributed by atoms with Crippen molar-refractivity contribution in [2.24, 2.45) is 4.99 Å². The molecule has 152 valence electrons. The molecule has 7 heteroatoms. The molecule has 1 aliphatic carbocycles. The molecule has 0 spiro atoms. The van der Waals surface area contributed by atoms with Gasteiger partial charge in [-0.2, -0.15) is 0 Å². The summed E-state index contributed by atoms with van der Waals surface area (Å²) in [6.45, 7) is 5.38. The summed E-state index contributed by atoms with van der Waals surface area (Å²) in [5.41, 5.74) is 0.256. The second-order valence-electron chi connectivity index (χ2n) is 8.22. The summed E-state index contributed by atoms with van der Waals surface area (Å²) in [5, 5.41) is 6.91. The highest BCUT2D eigenvalue weighted by Crippen LogP contribution is 2.35. The van der Waals surface area contributed by atoms with Gasteiger partial charge < -0.3 is 10.6 Å². The number of guanidine groups is 1. The minimum atomic E-state index is -2.92. The lowest BCUT2D eigenvalue weighted by molar-refractivity contribution is 0.0368. The Morgan fingerprint density at radius 2 is 1.73 bits per heavy atom. The minimum absolute atomic E-state index is 0.0771. The Hall–Kier alpha value is -0.820. The lowest BCUT2D eigenvalue weighted by Gasteiger charge is -2.48. The Labute approximate surface area is 160 Å². The van der Waals surface area contributed by atoms with Crippen LogP contribution in [0.25, 0.3) is 0 Å². The molecule has 2 N–H and O–H groups in total. The molecule has 1 saturated carbocycles. The topological polar surface area (TPSA) is 73.8 Å². The molecule has 0 bridgehead atoms. The van der Waals surface area contributed by atoms with Gasteiger partial charge in [-0.15, -0.1) is 0 Å². The highest BCUT2D eigenvalue weighted by molar-refractivity contribution is 7.90. The second kappa shape index (κ2) is 9.93. The van der Waals surface area contributed by atoms with Gasteiger partial charge in [-0.05, 0) is 52.1 Å². The van der Waals surface area contributed by atoms with E-state index in [9.17, 15) is 8.42 Å². The van der Waals surface area contributed by atoms with Gasteiger partial charge in [0.15, 0.2) is 5.96 Å². The Balaban J connectivity index is 1.91. The third-order valence-electron chi connectivity index (χ3n) is 5.92. The monoisotopic (exact) mass is 386 g/mol. The third-order valence-corrected chi connectivity index (χ3v) is 6.90. The van der Waals surface area contributed by atoms with Crippen molar-refractivity contribution in [1.82, 2.24) is 15.5 Å². The zero-order chi connectivity index (χ0) is 19.0. The van der Waals surface area contributed by atoms with E-state index in [1.165, 1.54) is 70.7 Å². The predicted molar refractivity (Wildman–Crippen MR) is 110 cm³/mol. The van der Waals surface area contributed by atoms with Crippen LogP contribution in [0.4, 0.5) is 0 Å². The van der Waals surface area contributed by atoms with Gasteiger partial charge in [0.25, 0.3) is 0 Å². The number of hydrogen-bond acceptors (Lipinski definition) is 4. The van der Waals surface area contributed by atoms with Gasteiger partial charge in [0.05, 0.1) is 5.75 Å². The van der Waals surface area contributed by atoms with E-state index >= 15 is 0 Å². The van der Waals surface area contributed by atoms with Crippen LogP contribution in [-0.2, 0) is 9.84 Å². The van der Waals surface area contributed by atoms with Crippen LogP contribution in [-0.4, -0.2) is 69.5 Å². The molecule has 0 amide bonds. The second-order valence-corrected chi connectivity index (χ2v) is 10.5. The molecule has 1 heterocycles. The third kappa shape index (κ3) is 6.72. The van der Waals surface area contributed by atoms with Gasteiger partial charge in [0.1, 0.15) is 9.84 Å². The summed E-state index contributed by atoms with van der Waals surface area (Å²) in [6, 6.07) is 0.0771. The van der Waals surface area contributed by atoms with E-state index in [0.717, 1.165) is 12.5 Å². The van der Waals surface area contributed by atoms with Gasteiger partial charge in [-0.1, -0.05) is 25.7 Å². The van der Waals surface area contributed by atoms with Gasteiger partial charge in [0.2, 0.25) is 0 Å². The first-order valence-electron chi connectivity index (χ1n) is 10.2. The molecule has 2 fully saturated rings. The molecular weight excluding hydrogens is 348 g/mol. The summed E-state index contributed by atoms with van der Waals surface area (Å²) in [4.78, 5) is 7.08. The zero-order valence-electron chi connectivity index (χ0n) is 16.9. The number of nitrogens with one attached hydrogen (secondary N) is 2. The number of rotatable bonds is 7. The first-order valence-corrected chi connectivity index (χ1v) is 12.3. The largest absolute Gasteiger partial charge is 0.355 e. The van der Waals surface area contributed by atoms with Crippen LogP contribution in [0.15, 0.2) is 4.99 Å². The van der Waals surface area contributed by atoms with E-state index in [2.05, 4.69) is 20.5 Å². The molecule has 1 unspecified atom stereocenters. The number of likely N-dealkylation sites (tertiary alicyclic amines) is 1. The Kier molecular flexibility index (Phi) is 8.20. The normalized spacial score (nSPS) is 23.4. The Bertz CT molecular complexity index is 550. The molecule has 2 aliphatic rings. The smallest absolute Gasteiger partial charge is 0.191 e. The molecule has 26 heavy (non-hydrogen) atoms. The van der Waals surface area contributed by atoms with Crippen LogP contribution in [0.3, 0.4) is 0 Å². The quantitative estimate of drug-likeness (QED) is 0.518. The molecule has 6 nitrogen and oxygen atoms in total. The van der Waals surface area contributed by atoms with Crippen molar-refractivity contribution in [3.05, 3.63) is 0 Å². The van der Waals surface area contributed by atoms with E-state index < -0.39 is 9.84 Å². The van der Waals surface area contributed by atoms with Gasteiger partial charge in [0, 0.05) is 31.4 Å². The van der Waals surface area contributed by atoms with E-state index in [-0.39, 0.29) is 17.3 Å². The van der Waals surface area contributed by atoms with Crippen molar-refractivity contribution < 1.29 is 8.42 Å². The lowest BCUT2D eigenvalue weighted by Crippen LogP contribution is -2.59. The molecule has 0 aromatic rings. The number of piperidine rings is 1. The van der Waals surface area contributed by atoms with Crippen LogP contribution < -0.4 is 10.6 Å². The van der Waals surface area contributed by atoms with E-state index in [1.807, 2.05) is 6.92 Å². The van der Waals surface area contributed by atoms with Crippen LogP contribution in [0.5, 0.6) is 0 Å². The maximum Gasteiger partial charge on any atom is 0.191 e. The molecule has 2 rings (SSSR count). The van der Waals surface area contributed by atoms with E-state index in [1.54, 1.807) is 7.05 Å². The SMILES string of the molecule is CN=C(NCC1(N2CCCCC2)CCCCC1)NC(C)CCS(C)(=O)=O. The Morgan fingerprint density at radius 1 is 1.12 bits per heavy atom. The first-order chi connectivity index (χ1) is 12.3. The van der Waals surface area contributed by atoms with Crippen molar-refractivity contribution >= 4 is 15.8 Å². The molecular formula is C19H38N4O2S. The van der Waals surface area contributed by atoms with Crippen molar-refractivity contribution in [2.45, 2.75) is 76.3 Å². The molecule has 0 radical (unpaired) electrons. The number of hydrogen-bond donors (Lipinski definition) is 2. The van der Waals surface area contributed by atoms with Crippen LogP contribution in [0, 0.1) is 0 Å². The standard InChI is InChI=1S/C19H38N4O2S/c1-17(10-15-26(3,24)25)22-18(20-2)21-16-19(11-6-4-7-12-19)23-13-8-5-9-14-23/h17H,4-16H2,1-3H3,(H2,20,21,22). The van der Waals surface area contributed by atoms with Gasteiger partial charge >= 0.3 is 0 Å². The number of sulfone groups is 1. The minimum Gasteiger partial charge on any atom is -0.355 e. The number of nitrogens with zero attached hydrogens (tertiary/aromatic N) is 2. The fraction of sp³-hybridized carbons (Fsp3) is 0.947. The van der Waals surface area contributed by atoms with Crippen LogP contribution in [0.1, 0.15) is 64.7 Å². The molecule has 1 saturated heterocycles. The van der Waals surface area contributed by atoms with Crippen LogP contribution in [0.2, 0.25) is 0 Å². The summed E-state index contributed by atoms with van der Waals surface area (Å²) in [7, 11) is -1.14. The highest BCUT2D eigenvalue weighted by Gasteiger charge is 2.38. The molecule has 0 aromatic carbocycles. The zero-order valence-corrected chi connectivity index (χ0v) is 17.7. The molecule has 0 aromatic heterocycles. The number of aliphatic imine (C=N–C) groups is 1. The predicted octanol–water partition coefficient (Wildman–Crippen LogP) is 2.16. The summed E-state index contributed by atoms with van der Waals surface area (Å²) >= 11 is 0. The average Bonchev–Trinajstić information content (AvgIpc) is 2.64. The lowest BCUT2D eigenvalue weighted by atomic mass is 9.79. The maximum atomic E-state index is 11.4. The van der Waals surface area contributed by atoms with E-state index in [4.69, 9.17) is 0 Å². The summed E-state index contributed by atoms with van der Waals surface area (Å²) in [5.74, 6) is 0.989. The van der Waals surface area contributed by atoms with Gasteiger partial charge in [-0.25, -0.2) is 8.42 Å². The first kappa shape index (κ1) is 21.5. The summed E-state index contributed by atoms with van der Waals surface area (Å²) < 4.78 is 22.7. The average molecular weight is 387 g/mol. The van der Waals surface area contributed by atoms with Crippen molar-refractivity contribution in [3.63, 3.8) is 0 Å². The van der Waals surface area contributed by atoms with Gasteiger partial charge in [-0.3, -0.25) is 9.89 Å². The fourth-order valence-electron chi connectivity index (χ4n) is 4.32. The molecule has 1 atom stereocenters.